The van der Waals surface area contributed by atoms with Crippen LogP contribution in [0.25, 0.3) is 0 Å². The number of nitrogen functional groups attached to an aromatic ring is 1. The predicted octanol–water partition coefficient (Wildman–Crippen LogP) is 2.99. The molecule has 3 aromatic rings. The lowest BCUT2D eigenvalue weighted by Crippen LogP contribution is -2.20. The number of aromatic nitrogens is 1. The summed E-state index contributed by atoms with van der Waals surface area (Å²) < 4.78 is 0. The molecule has 1 aromatic heterocycles. The fourth-order valence-electron chi connectivity index (χ4n) is 2.83. The lowest BCUT2D eigenvalue weighted by molar-refractivity contribution is -0.115. The molecule has 0 bridgehead atoms. The maximum atomic E-state index is 12.1. The summed E-state index contributed by atoms with van der Waals surface area (Å²) in [6.45, 7) is 1.67. The summed E-state index contributed by atoms with van der Waals surface area (Å²) in [5, 5.41) is 16.5. The average molecular weight is 397 g/mol. The highest BCUT2D eigenvalue weighted by molar-refractivity contribution is 7.15. The normalized spacial score (nSPS) is 10.7. The number of phenols is 1. The highest BCUT2D eigenvalue weighted by Crippen LogP contribution is 2.17. The Bertz CT molecular complexity index is 909. The Labute approximate surface area is 168 Å². The van der Waals surface area contributed by atoms with E-state index in [1.807, 2.05) is 42.5 Å². The number of amides is 1. The van der Waals surface area contributed by atoms with E-state index in [0.29, 0.717) is 10.9 Å². The minimum Gasteiger partial charge on any atom is -0.508 e. The van der Waals surface area contributed by atoms with Gasteiger partial charge < -0.3 is 21.5 Å². The zero-order valence-corrected chi connectivity index (χ0v) is 16.3. The van der Waals surface area contributed by atoms with Crippen LogP contribution < -0.4 is 16.4 Å². The maximum absolute atomic E-state index is 12.1. The summed E-state index contributed by atoms with van der Waals surface area (Å²) in [5.74, 6) is 0.267. The Balaban J connectivity index is 1.37. The van der Waals surface area contributed by atoms with E-state index in [-0.39, 0.29) is 12.3 Å². The number of benzene rings is 2. The Morgan fingerprint density at radius 2 is 1.82 bits per heavy atom. The molecule has 0 aliphatic heterocycles. The zero-order chi connectivity index (χ0) is 19.8. The van der Waals surface area contributed by atoms with Gasteiger partial charge in [-0.2, -0.15) is 0 Å². The first-order valence-corrected chi connectivity index (χ1v) is 9.98. The summed E-state index contributed by atoms with van der Waals surface area (Å²) in [5.41, 5.74) is 8.51. The van der Waals surface area contributed by atoms with E-state index >= 15 is 0 Å². The molecule has 0 saturated heterocycles. The van der Waals surface area contributed by atoms with E-state index in [0.717, 1.165) is 42.1 Å². The third kappa shape index (κ3) is 6.07. The van der Waals surface area contributed by atoms with Crippen LogP contribution in [-0.2, 0) is 24.1 Å². The number of phenolic OH excluding ortho intramolecular Hbond substituents is 1. The molecule has 0 spiro atoms. The number of hydrogen-bond donors (Lipinski definition) is 4. The Kier molecular flexibility index (Phi) is 7.00. The van der Waals surface area contributed by atoms with E-state index in [4.69, 9.17) is 5.73 Å². The first kappa shape index (κ1) is 19.9. The SMILES string of the molecule is Nc1ncc(CC(=O)Nc2ccc(CCNCCc3ccccc3O)cc2)s1. The van der Waals surface area contributed by atoms with Gasteiger partial charge in [-0.3, -0.25) is 4.79 Å². The van der Waals surface area contributed by atoms with Crippen molar-refractivity contribution < 1.29 is 9.90 Å². The van der Waals surface area contributed by atoms with Gasteiger partial charge in [0.25, 0.3) is 0 Å². The number of thiazole rings is 1. The van der Waals surface area contributed by atoms with Crippen molar-refractivity contribution in [3.05, 3.63) is 70.7 Å². The van der Waals surface area contributed by atoms with Gasteiger partial charge in [-0.05, 0) is 55.3 Å². The number of nitrogens with one attached hydrogen (secondary N) is 2. The van der Waals surface area contributed by atoms with Gasteiger partial charge in [0, 0.05) is 16.8 Å². The molecule has 0 aliphatic carbocycles. The van der Waals surface area contributed by atoms with Gasteiger partial charge in [0.2, 0.25) is 5.91 Å². The molecule has 3 rings (SSSR count). The Morgan fingerprint density at radius 1 is 1.07 bits per heavy atom. The van der Waals surface area contributed by atoms with Gasteiger partial charge in [-0.25, -0.2) is 4.98 Å². The van der Waals surface area contributed by atoms with Crippen LogP contribution in [-0.4, -0.2) is 29.1 Å². The van der Waals surface area contributed by atoms with Gasteiger partial charge in [0.1, 0.15) is 5.75 Å². The predicted molar refractivity (Wildman–Crippen MR) is 114 cm³/mol. The standard InChI is InChI=1S/C21H24N4O2S/c22-21-24-14-18(28-21)13-20(27)25-17-7-5-15(6-8-17)9-11-23-12-10-16-3-1-2-4-19(16)26/h1-8,14,23,26H,9-13H2,(H2,22,24)(H,25,27). The van der Waals surface area contributed by atoms with Gasteiger partial charge in [-0.1, -0.05) is 30.3 Å². The van der Waals surface area contributed by atoms with Crippen LogP contribution in [0.2, 0.25) is 0 Å². The first-order chi connectivity index (χ1) is 13.6. The van der Waals surface area contributed by atoms with Crippen LogP contribution in [0, 0.1) is 0 Å². The van der Waals surface area contributed by atoms with Crippen molar-refractivity contribution in [3.8, 4) is 5.75 Å². The Hall–Kier alpha value is -2.90. The fraction of sp³-hybridized carbons (Fsp3) is 0.238. The van der Waals surface area contributed by atoms with Crippen LogP contribution in [0.1, 0.15) is 16.0 Å². The van der Waals surface area contributed by atoms with E-state index < -0.39 is 0 Å². The third-order valence-corrected chi connectivity index (χ3v) is 5.12. The number of carbonyl (C=O) groups excluding carboxylic acids is 1. The number of aromatic hydroxyl groups is 1. The van der Waals surface area contributed by atoms with Crippen molar-refractivity contribution in [2.45, 2.75) is 19.3 Å². The third-order valence-electron chi connectivity index (χ3n) is 4.30. The monoisotopic (exact) mass is 396 g/mol. The highest BCUT2D eigenvalue weighted by atomic mass is 32.1. The van der Waals surface area contributed by atoms with Gasteiger partial charge >= 0.3 is 0 Å². The molecule has 0 saturated carbocycles. The van der Waals surface area contributed by atoms with Crippen LogP contribution >= 0.6 is 11.3 Å². The molecule has 28 heavy (non-hydrogen) atoms. The second-order valence-electron chi connectivity index (χ2n) is 6.47. The van der Waals surface area contributed by atoms with Crippen molar-refractivity contribution in [2.24, 2.45) is 0 Å². The van der Waals surface area contributed by atoms with E-state index in [2.05, 4.69) is 15.6 Å². The van der Waals surface area contributed by atoms with Crippen molar-refractivity contribution in [3.63, 3.8) is 0 Å². The van der Waals surface area contributed by atoms with Crippen molar-refractivity contribution in [2.75, 3.05) is 24.1 Å². The maximum Gasteiger partial charge on any atom is 0.229 e. The summed E-state index contributed by atoms with van der Waals surface area (Å²) in [4.78, 5) is 16.9. The molecule has 2 aromatic carbocycles. The number of hydrogen-bond acceptors (Lipinski definition) is 6. The topological polar surface area (TPSA) is 100 Å². The molecule has 0 unspecified atom stereocenters. The van der Waals surface area contributed by atoms with Gasteiger partial charge in [-0.15, -0.1) is 11.3 Å². The zero-order valence-electron chi connectivity index (χ0n) is 15.5. The van der Waals surface area contributed by atoms with E-state index in [1.54, 1.807) is 12.3 Å². The average Bonchev–Trinajstić information content (AvgIpc) is 3.08. The Morgan fingerprint density at radius 3 is 2.54 bits per heavy atom. The summed E-state index contributed by atoms with van der Waals surface area (Å²) in [6, 6.07) is 15.3. The van der Waals surface area contributed by atoms with Crippen molar-refractivity contribution in [1.29, 1.82) is 0 Å². The molecule has 7 heteroatoms. The molecule has 1 amide bonds. The van der Waals surface area contributed by atoms with Crippen LogP contribution in [0.5, 0.6) is 5.75 Å². The fourth-order valence-corrected chi connectivity index (χ4v) is 3.51. The first-order valence-electron chi connectivity index (χ1n) is 9.17. The highest BCUT2D eigenvalue weighted by Gasteiger charge is 2.07. The van der Waals surface area contributed by atoms with Crippen molar-refractivity contribution in [1.82, 2.24) is 10.3 Å². The van der Waals surface area contributed by atoms with Gasteiger partial charge in [0.15, 0.2) is 5.13 Å². The lowest BCUT2D eigenvalue weighted by Gasteiger charge is -2.08. The van der Waals surface area contributed by atoms with Crippen LogP contribution in [0.3, 0.4) is 0 Å². The summed E-state index contributed by atoms with van der Waals surface area (Å²) in [7, 11) is 0. The molecule has 0 atom stereocenters. The summed E-state index contributed by atoms with van der Waals surface area (Å²) >= 11 is 1.33. The molecular formula is C21H24N4O2S. The molecule has 0 fully saturated rings. The van der Waals surface area contributed by atoms with E-state index in [9.17, 15) is 9.90 Å². The number of anilines is 2. The molecule has 0 radical (unpaired) electrons. The molecule has 0 aliphatic rings. The molecule has 6 nitrogen and oxygen atoms in total. The minimum atomic E-state index is -0.0813. The number of carbonyl (C=O) groups is 1. The number of nitrogens with zero attached hydrogens (tertiary/aromatic N) is 1. The molecule has 5 N–H and O–H groups in total. The number of nitrogens with two attached hydrogens (primary N) is 1. The smallest absolute Gasteiger partial charge is 0.229 e. The number of para-hydroxylation sites is 1. The quantitative estimate of drug-likeness (QED) is 0.417. The second kappa shape index (κ2) is 9.87. The number of rotatable bonds is 9. The summed E-state index contributed by atoms with van der Waals surface area (Å²) in [6.07, 6.45) is 3.60. The van der Waals surface area contributed by atoms with Gasteiger partial charge in [0.05, 0.1) is 6.42 Å². The largest absolute Gasteiger partial charge is 0.508 e. The van der Waals surface area contributed by atoms with Crippen LogP contribution in [0.4, 0.5) is 10.8 Å². The van der Waals surface area contributed by atoms with E-state index in [1.165, 1.54) is 16.9 Å². The molecular weight excluding hydrogens is 372 g/mol. The van der Waals surface area contributed by atoms with Crippen LogP contribution in [0.15, 0.2) is 54.7 Å². The second-order valence-corrected chi connectivity index (χ2v) is 7.61. The van der Waals surface area contributed by atoms with Crippen molar-refractivity contribution >= 4 is 28.1 Å². The molecule has 146 valence electrons. The lowest BCUT2D eigenvalue weighted by atomic mass is 10.1. The minimum absolute atomic E-state index is 0.0813. The molecule has 1 heterocycles.